The third-order valence-corrected chi connectivity index (χ3v) is 5.34. The van der Waals surface area contributed by atoms with Gasteiger partial charge in [-0.15, -0.1) is 0 Å². The zero-order chi connectivity index (χ0) is 19.2. The molecule has 4 atom stereocenters. The minimum atomic E-state index is -0.497. The van der Waals surface area contributed by atoms with Crippen LogP contribution in [0.1, 0.15) is 55.8 Å². The fourth-order valence-corrected chi connectivity index (χ4v) is 3.84. The summed E-state index contributed by atoms with van der Waals surface area (Å²) in [5, 5.41) is 0. The fourth-order valence-electron chi connectivity index (χ4n) is 3.44. The van der Waals surface area contributed by atoms with Crippen molar-refractivity contribution in [3.05, 3.63) is 46.5 Å². The molecular formula is C21H25BrO5. The van der Waals surface area contributed by atoms with Crippen LogP contribution in [0.4, 0.5) is 0 Å². The third kappa shape index (κ3) is 5.91. The quantitative estimate of drug-likeness (QED) is 0.501. The Hall–Kier alpha value is -1.66. The van der Waals surface area contributed by atoms with Gasteiger partial charge in [0.05, 0.1) is 24.2 Å². The highest BCUT2D eigenvalue weighted by Gasteiger charge is 2.35. The second kappa shape index (κ2) is 9.51. The van der Waals surface area contributed by atoms with Crippen LogP contribution in [0.3, 0.4) is 0 Å². The van der Waals surface area contributed by atoms with E-state index in [-0.39, 0.29) is 24.6 Å². The molecule has 6 heteroatoms. The summed E-state index contributed by atoms with van der Waals surface area (Å²) in [6.07, 6.45) is 7.32. The molecule has 0 saturated carbocycles. The maximum absolute atomic E-state index is 12.5. The number of halogens is 1. The number of carbonyl (C=O) groups is 2. The van der Waals surface area contributed by atoms with E-state index < -0.39 is 18.2 Å². The van der Waals surface area contributed by atoms with Crippen molar-refractivity contribution in [2.24, 2.45) is 0 Å². The summed E-state index contributed by atoms with van der Waals surface area (Å²) in [6.45, 7) is 1.91. The first-order valence-electron chi connectivity index (χ1n) is 9.49. The van der Waals surface area contributed by atoms with E-state index in [2.05, 4.69) is 28.1 Å². The summed E-state index contributed by atoms with van der Waals surface area (Å²) >= 11 is 3.36. The van der Waals surface area contributed by atoms with Crippen molar-refractivity contribution in [1.82, 2.24) is 0 Å². The van der Waals surface area contributed by atoms with Gasteiger partial charge in [0.15, 0.2) is 0 Å². The first kappa shape index (κ1) is 20.1. The Morgan fingerprint density at radius 1 is 1.26 bits per heavy atom. The number of esters is 2. The predicted molar refractivity (Wildman–Crippen MR) is 104 cm³/mol. The maximum atomic E-state index is 12.5. The van der Waals surface area contributed by atoms with E-state index in [0.29, 0.717) is 12.0 Å². The topological polar surface area (TPSA) is 61.8 Å². The lowest BCUT2D eigenvalue weighted by atomic mass is 9.97. The first-order valence-corrected chi connectivity index (χ1v) is 10.3. The van der Waals surface area contributed by atoms with Gasteiger partial charge in [0.25, 0.3) is 0 Å². The van der Waals surface area contributed by atoms with Gasteiger partial charge >= 0.3 is 11.9 Å². The molecule has 1 aromatic rings. The lowest BCUT2D eigenvalue weighted by molar-refractivity contribution is -0.160. The summed E-state index contributed by atoms with van der Waals surface area (Å²) in [6, 6.07) is 7.06. The number of hydrogen-bond donors (Lipinski definition) is 0. The second-order valence-corrected chi connectivity index (χ2v) is 8.02. The third-order valence-electron chi connectivity index (χ3n) is 4.85. The number of hydrogen-bond acceptors (Lipinski definition) is 5. The van der Waals surface area contributed by atoms with Crippen LogP contribution < -0.4 is 0 Å². The minimum absolute atomic E-state index is 0.0551. The minimum Gasteiger partial charge on any atom is -0.463 e. The Labute approximate surface area is 168 Å². The fraction of sp³-hybridized carbons (Fsp3) is 0.524. The Morgan fingerprint density at radius 2 is 2.11 bits per heavy atom. The molecule has 0 spiro atoms. The zero-order valence-corrected chi connectivity index (χ0v) is 17.0. The summed E-state index contributed by atoms with van der Waals surface area (Å²) in [5.74, 6) is -0.715. The zero-order valence-electron chi connectivity index (χ0n) is 15.4. The van der Waals surface area contributed by atoms with Gasteiger partial charge < -0.3 is 14.2 Å². The lowest BCUT2D eigenvalue weighted by Crippen LogP contribution is -2.42. The van der Waals surface area contributed by atoms with Crippen LogP contribution in [0.15, 0.2) is 40.9 Å². The van der Waals surface area contributed by atoms with E-state index in [4.69, 9.17) is 14.2 Å². The average Bonchev–Trinajstić information content (AvgIpc) is 2.62. The predicted octanol–water partition coefficient (Wildman–Crippen LogP) is 4.58. The van der Waals surface area contributed by atoms with Gasteiger partial charge in [-0.25, -0.2) is 4.79 Å². The Bertz CT molecular complexity index is 702. The van der Waals surface area contributed by atoms with Crippen molar-refractivity contribution < 1.29 is 23.8 Å². The molecule has 3 rings (SSSR count). The van der Waals surface area contributed by atoms with Gasteiger partial charge in [0, 0.05) is 4.47 Å². The molecule has 0 amide bonds. The first-order chi connectivity index (χ1) is 13.0. The van der Waals surface area contributed by atoms with Crippen molar-refractivity contribution >= 4 is 27.9 Å². The van der Waals surface area contributed by atoms with Crippen LogP contribution in [-0.2, 0) is 19.0 Å². The molecule has 0 unspecified atom stereocenters. The average molecular weight is 437 g/mol. The van der Waals surface area contributed by atoms with E-state index in [9.17, 15) is 9.59 Å². The Balaban J connectivity index is 1.71. The maximum Gasteiger partial charge on any atom is 0.338 e. The number of fused-ring (bicyclic) bond motifs is 2. The molecule has 0 aliphatic carbocycles. The number of benzene rings is 1. The number of carbonyl (C=O) groups excluding carboxylic acids is 2. The van der Waals surface area contributed by atoms with Gasteiger partial charge in [-0.1, -0.05) is 34.1 Å². The molecular weight excluding hydrogens is 412 g/mol. The molecule has 2 heterocycles. The van der Waals surface area contributed by atoms with Gasteiger partial charge in [0.2, 0.25) is 0 Å². The van der Waals surface area contributed by atoms with Crippen LogP contribution >= 0.6 is 15.9 Å². The largest absolute Gasteiger partial charge is 0.463 e. The number of cyclic esters (lactones) is 1. The van der Waals surface area contributed by atoms with Gasteiger partial charge in [-0.2, -0.15) is 0 Å². The molecule has 0 radical (unpaired) electrons. The highest BCUT2D eigenvalue weighted by atomic mass is 79.9. The van der Waals surface area contributed by atoms with Crippen LogP contribution in [-0.4, -0.2) is 36.4 Å². The summed E-state index contributed by atoms with van der Waals surface area (Å²) in [4.78, 5) is 24.8. The smallest absolute Gasteiger partial charge is 0.338 e. The monoisotopic (exact) mass is 436 g/mol. The van der Waals surface area contributed by atoms with Gasteiger partial charge in [0.1, 0.15) is 12.2 Å². The SMILES string of the molecule is C[C@H]1CCC/C=C/[C@H]2CC[C@H](OC(=O)c3cccc(Br)c3)[C@@H](CC(=O)O1)O2. The van der Waals surface area contributed by atoms with Crippen LogP contribution in [0.25, 0.3) is 0 Å². The van der Waals surface area contributed by atoms with Crippen molar-refractivity contribution in [2.45, 2.75) is 69.9 Å². The molecule has 0 aromatic heterocycles. The molecule has 1 fully saturated rings. The summed E-state index contributed by atoms with van der Waals surface area (Å²) in [7, 11) is 0. The van der Waals surface area contributed by atoms with Crippen LogP contribution in [0, 0.1) is 0 Å². The molecule has 1 saturated heterocycles. The van der Waals surface area contributed by atoms with Crippen LogP contribution in [0.5, 0.6) is 0 Å². The number of rotatable bonds is 2. The van der Waals surface area contributed by atoms with Gasteiger partial charge in [-0.05, 0) is 57.2 Å². The molecule has 2 bridgehead atoms. The normalized spacial score (nSPS) is 30.4. The van der Waals surface area contributed by atoms with E-state index in [0.717, 1.165) is 30.2 Å². The van der Waals surface area contributed by atoms with Crippen molar-refractivity contribution in [2.75, 3.05) is 0 Å². The summed E-state index contributed by atoms with van der Waals surface area (Å²) < 4.78 is 18.1. The Kier molecular flexibility index (Phi) is 7.07. The number of allylic oxidation sites excluding steroid dienone is 1. The molecule has 2 aliphatic rings. The summed E-state index contributed by atoms with van der Waals surface area (Å²) in [5.41, 5.74) is 0.468. The molecule has 2 aliphatic heterocycles. The van der Waals surface area contributed by atoms with E-state index in [1.165, 1.54) is 0 Å². The lowest BCUT2D eigenvalue weighted by Gasteiger charge is -2.35. The molecule has 5 nitrogen and oxygen atoms in total. The standard InChI is InChI=1S/C21H25BrO5/c1-14-6-3-2-4-9-17-10-11-18(19(26-17)13-20(23)25-14)27-21(24)15-7-5-8-16(22)12-15/h4-5,7-9,12,14,17-19H,2-3,6,10-11,13H2,1H3/b9-4+/t14-,17-,18-,19+/m0/s1. The van der Waals surface area contributed by atoms with Gasteiger partial charge in [-0.3, -0.25) is 4.79 Å². The molecule has 27 heavy (non-hydrogen) atoms. The van der Waals surface area contributed by atoms with Crippen molar-refractivity contribution in [3.63, 3.8) is 0 Å². The van der Waals surface area contributed by atoms with Crippen molar-refractivity contribution in [1.29, 1.82) is 0 Å². The Morgan fingerprint density at radius 3 is 2.93 bits per heavy atom. The highest BCUT2D eigenvalue weighted by Crippen LogP contribution is 2.27. The molecule has 0 N–H and O–H groups in total. The van der Waals surface area contributed by atoms with Crippen LogP contribution in [0.2, 0.25) is 0 Å². The van der Waals surface area contributed by atoms with E-state index >= 15 is 0 Å². The van der Waals surface area contributed by atoms with E-state index in [1.807, 2.05) is 13.0 Å². The molecule has 1 aromatic carbocycles. The van der Waals surface area contributed by atoms with E-state index in [1.54, 1.807) is 18.2 Å². The highest BCUT2D eigenvalue weighted by molar-refractivity contribution is 9.10. The number of ether oxygens (including phenoxy) is 3. The molecule has 146 valence electrons. The second-order valence-electron chi connectivity index (χ2n) is 7.11. The van der Waals surface area contributed by atoms with Crippen molar-refractivity contribution in [3.8, 4) is 0 Å².